The molecule has 0 saturated heterocycles. The first-order valence-electron chi connectivity index (χ1n) is 8.04. The number of halogens is 3. The lowest BCUT2D eigenvalue weighted by Gasteiger charge is -2.15. The van der Waals surface area contributed by atoms with Crippen LogP contribution >= 0.6 is 0 Å². The Labute approximate surface area is 162 Å². The second-order valence-corrected chi connectivity index (χ2v) is 5.76. The third-order valence-electron chi connectivity index (χ3n) is 3.72. The molecule has 154 valence electrons. The number of hydrogen-bond acceptors (Lipinski definition) is 6. The topological polar surface area (TPSA) is 108 Å². The summed E-state index contributed by atoms with van der Waals surface area (Å²) in [4.78, 5) is 34.6. The molecule has 2 rings (SSSR count). The molecule has 0 aliphatic rings. The van der Waals surface area contributed by atoms with Crippen molar-refractivity contribution in [1.82, 2.24) is 0 Å². The molecule has 0 aliphatic heterocycles. The molecule has 0 fully saturated rings. The number of nitrogens with one attached hydrogen (secondary N) is 1. The molecular formula is C18H15F3N2O6. The van der Waals surface area contributed by atoms with Crippen LogP contribution in [0, 0.1) is 10.1 Å². The van der Waals surface area contributed by atoms with Gasteiger partial charge >= 0.3 is 12.1 Å². The minimum Gasteiger partial charge on any atom is -0.496 e. The van der Waals surface area contributed by atoms with E-state index in [0.29, 0.717) is 0 Å². The molecule has 8 nitrogen and oxygen atoms in total. The van der Waals surface area contributed by atoms with Crippen LogP contribution in [0.4, 0.5) is 24.5 Å². The van der Waals surface area contributed by atoms with Crippen LogP contribution in [0.1, 0.15) is 22.8 Å². The van der Waals surface area contributed by atoms with E-state index in [1.54, 1.807) is 0 Å². The van der Waals surface area contributed by atoms with Crippen LogP contribution in [0.5, 0.6) is 5.75 Å². The minimum absolute atomic E-state index is 0.00825. The van der Waals surface area contributed by atoms with Gasteiger partial charge in [-0.3, -0.25) is 14.9 Å². The van der Waals surface area contributed by atoms with Gasteiger partial charge in [0.2, 0.25) is 0 Å². The van der Waals surface area contributed by atoms with Crippen LogP contribution in [0.15, 0.2) is 42.5 Å². The highest BCUT2D eigenvalue weighted by Crippen LogP contribution is 2.30. The Kier molecular flexibility index (Phi) is 6.42. The van der Waals surface area contributed by atoms with Gasteiger partial charge in [-0.1, -0.05) is 6.07 Å². The number of carbonyl (C=O) groups is 2. The van der Waals surface area contributed by atoms with Gasteiger partial charge in [0, 0.05) is 17.8 Å². The third-order valence-corrected chi connectivity index (χ3v) is 3.72. The summed E-state index contributed by atoms with van der Waals surface area (Å²) in [5, 5.41) is 13.1. The van der Waals surface area contributed by atoms with Crippen molar-refractivity contribution in [1.29, 1.82) is 0 Å². The van der Waals surface area contributed by atoms with Crippen molar-refractivity contribution in [2.45, 2.75) is 19.2 Å². The Morgan fingerprint density at radius 2 is 1.86 bits per heavy atom. The number of nitro groups is 1. The summed E-state index contributed by atoms with van der Waals surface area (Å²) >= 11 is 0. The van der Waals surface area contributed by atoms with E-state index in [-0.39, 0.29) is 22.7 Å². The van der Waals surface area contributed by atoms with E-state index in [0.717, 1.165) is 30.3 Å². The van der Waals surface area contributed by atoms with Gasteiger partial charge < -0.3 is 14.8 Å². The molecule has 1 amide bonds. The summed E-state index contributed by atoms with van der Waals surface area (Å²) in [6, 6.07) is 7.18. The molecule has 2 aromatic carbocycles. The normalized spacial score (nSPS) is 12.0. The first kappa shape index (κ1) is 21.7. The van der Waals surface area contributed by atoms with Gasteiger partial charge in [-0.2, -0.15) is 13.2 Å². The van der Waals surface area contributed by atoms with Crippen molar-refractivity contribution < 1.29 is 37.2 Å². The quantitative estimate of drug-likeness (QED) is 0.439. The number of non-ortho nitro benzene ring substituents is 1. The lowest BCUT2D eigenvalue weighted by molar-refractivity contribution is -0.384. The van der Waals surface area contributed by atoms with E-state index in [2.05, 4.69) is 5.32 Å². The van der Waals surface area contributed by atoms with E-state index in [1.807, 2.05) is 0 Å². The summed E-state index contributed by atoms with van der Waals surface area (Å²) in [6.07, 6.45) is -5.99. The molecule has 29 heavy (non-hydrogen) atoms. The maximum atomic E-state index is 12.7. The average molecular weight is 412 g/mol. The van der Waals surface area contributed by atoms with Crippen LogP contribution in [-0.4, -0.2) is 30.0 Å². The molecule has 2 aromatic rings. The van der Waals surface area contributed by atoms with E-state index >= 15 is 0 Å². The smallest absolute Gasteiger partial charge is 0.416 e. The lowest BCUT2D eigenvalue weighted by Crippen LogP contribution is -2.30. The number of nitrogens with zero attached hydrogens (tertiary/aromatic N) is 1. The fourth-order valence-corrected chi connectivity index (χ4v) is 2.26. The third kappa shape index (κ3) is 5.43. The molecule has 0 heterocycles. The summed E-state index contributed by atoms with van der Waals surface area (Å²) in [5.41, 5.74) is -1.76. The van der Waals surface area contributed by atoms with Crippen molar-refractivity contribution in [2.24, 2.45) is 0 Å². The van der Waals surface area contributed by atoms with Crippen LogP contribution in [0.25, 0.3) is 0 Å². The van der Waals surface area contributed by atoms with Crippen LogP contribution < -0.4 is 10.1 Å². The highest BCUT2D eigenvalue weighted by Gasteiger charge is 2.31. The number of ether oxygens (including phenoxy) is 2. The second kappa shape index (κ2) is 8.59. The molecule has 0 unspecified atom stereocenters. The largest absolute Gasteiger partial charge is 0.496 e. The van der Waals surface area contributed by atoms with Crippen LogP contribution in [0.3, 0.4) is 0 Å². The summed E-state index contributed by atoms with van der Waals surface area (Å²) in [6.45, 7) is 1.20. The van der Waals surface area contributed by atoms with E-state index in [1.165, 1.54) is 26.2 Å². The van der Waals surface area contributed by atoms with Gasteiger partial charge in [0.25, 0.3) is 11.6 Å². The number of alkyl halides is 3. The summed E-state index contributed by atoms with van der Waals surface area (Å²) in [7, 11) is 1.24. The zero-order valence-electron chi connectivity index (χ0n) is 15.1. The molecular weight excluding hydrogens is 397 g/mol. The van der Waals surface area contributed by atoms with E-state index in [4.69, 9.17) is 9.47 Å². The highest BCUT2D eigenvalue weighted by atomic mass is 19.4. The Morgan fingerprint density at radius 1 is 1.17 bits per heavy atom. The number of benzene rings is 2. The second-order valence-electron chi connectivity index (χ2n) is 5.76. The zero-order valence-corrected chi connectivity index (χ0v) is 15.1. The molecule has 0 spiro atoms. The Bertz CT molecular complexity index is 945. The SMILES string of the molecule is COc1ccc([N+](=O)[O-])cc1C(=O)O[C@@H](C)C(=O)Nc1cccc(C(F)(F)F)c1. The maximum absolute atomic E-state index is 12.7. The molecule has 0 aromatic heterocycles. The Morgan fingerprint density at radius 3 is 2.45 bits per heavy atom. The van der Waals surface area contributed by atoms with Gasteiger partial charge in [0.1, 0.15) is 11.3 Å². The predicted octanol–water partition coefficient (Wildman–Crippen LogP) is 3.81. The monoisotopic (exact) mass is 412 g/mol. The molecule has 0 radical (unpaired) electrons. The molecule has 1 atom stereocenters. The van der Waals surface area contributed by atoms with Gasteiger partial charge in [-0.25, -0.2) is 4.79 Å². The van der Waals surface area contributed by atoms with E-state index in [9.17, 15) is 32.9 Å². The fourth-order valence-electron chi connectivity index (χ4n) is 2.26. The fraction of sp³-hybridized carbons (Fsp3) is 0.222. The number of methoxy groups -OCH3 is 1. The van der Waals surface area contributed by atoms with E-state index < -0.39 is 34.6 Å². The van der Waals surface area contributed by atoms with Crippen molar-refractivity contribution in [2.75, 3.05) is 12.4 Å². The standard InChI is InChI=1S/C18H15F3N2O6/c1-10(16(24)22-12-5-3-4-11(8-12)18(19,20)21)29-17(25)14-9-13(23(26)27)6-7-15(14)28-2/h3-10H,1-2H3,(H,22,24)/t10-/m0/s1. The Balaban J connectivity index is 2.13. The average Bonchev–Trinajstić information content (AvgIpc) is 2.66. The molecule has 1 N–H and O–H groups in total. The maximum Gasteiger partial charge on any atom is 0.416 e. The number of rotatable bonds is 6. The van der Waals surface area contributed by atoms with Crippen molar-refractivity contribution in [3.05, 3.63) is 63.7 Å². The number of carbonyl (C=O) groups excluding carboxylic acids is 2. The lowest BCUT2D eigenvalue weighted by atomic mass is 10.1. The molecule has 0 aliphatic carbocycles. The van der Waals surface area contributed by atoms with Crippen molar-refractivity contribution >= 4 is 23.3 Å². The van der Waals surface area contributed by atoms with Crippen molar-refractivity contribution in [3.63, 3.8) is 0 Å². The van der Waals surface area contributed by atoms with Gasteiger partial charge in [-0.15, -0.1) is 0 Å². The number of anilines is 1. The van der Waals surface area contributed by atoms with Gasteiger partial charge in [-0.05, 0) is 31.2 Å². The molecule has 11 heteroatoms. The summed E-state index contributed by atoms with van der Waals surface area (Å²) < 4.78 is 48.2. The Hall–Kier alpha value is -3.63. The number of amides is 1. The van der Waals surface area contributed by atoms with Gasteiger partial charge in [0.05, 0.1) is 17.6 Å². The highest BCUT2D eigenvalue weighted by molar-refractivity contribution is 5.98. The van der Waals surface area contributed by atoms with Crippen LogP contribution in [-0.2, 0) is 15.7 Å². The number of hydrogen-bond donors (Lipinski definition) is 1. The first-order chi connectivity index (χ1) is 13.5. The molecule has 0 bridgehead atoms. The number of nitro benzene ring substituents is 1. The zero-order chi connectivity index (χ0) is 21.8. The minimum atomic E-state index is -4.59. The molecule has 0 saturated carbocycles. The van der Waals surface area contributed by atoms with Crippen LogP contribution in [0.2, 0.25) is 0 Å². The van der Waals surface area contributed by atoms with Gasteiger partial charge in [0.15, 0.2) is 6.10 Å². The predicted molar refractivity (Wildman–Crippen MR) is 94.6 cm³/mol. The summed E-state index contributed by atoms with van der Waals surface area (Å²) in [5.74, 6) is -1.97. The number of esters is 1. The van der Waals surface area contributed by atoms with Crippen molar-refractivity contribution in [3.8, 4) is 5.75 Å². The first-order valence-corrected chi connectivity index (χ1v) is 8.04.